The van der Waals surface area contributed by atoms with Crippen molar-refractivity contribution in [2.45, 2.75) is 30.6 Å². The van der Waals surface area contributed by atoms with Gasteiger partial charge in [-0.2, -0.15) is 0 Å². The Kier molecular flexibility index (Phi) is 5.32. The van der Waals surface area contributed by atoms with E-state index in [4.69, 9.17) is 5.41 Å². The van der Waals surface area contributed by atoms with Crippen molar-refractivity contribution in [1.82, 2.24) is 9.97 Å². The Morgan fingerprint density at radius 1 is 0.931 bits per heavy atom. The molecule has 0 amide bonds. The van der Waals surface area contributed by atoms with Gasteiger partial charge in [0.1, 0.15) is 0 Å². The summed E-state index contributed by atoms with van der Waals surface area (Å²) < 4.78 is 0. The van der Waals surface area contributed by atoms with E-state index in [0.717, 1.165) is 43.5 Å². The molecule has 0 aliphatic carbocycles. The fourth-order valence-corrected chi connectivity index (χ4v) is 3.99. The Hall–Kier alpha value is -3.18. The monoisotopic (exact) mass is 398 g/mol. The highest BCUT2D eigenvalue weighted by Gasteiger charge is 2.09. The predicted molar refractivity (Wildman–Crippen MR) is 122 cm³/mol. The average molecular weight is 399 g/mol. The zero-order valence-electron chi connectivity index (χ0n) is 16.7. The lowest BCUT2D eigenvalue weighted by molar-refractivity contribution is 1.20. The molecular weight excluding hydrogens is 376 g/mol. The number of rotatable bonds is 5. The Balaban J connectivity index is 1.68. The molecule has 2 N–H and O–H groups in total. The van der Waals surface area contributed by atoms with Crippen LogP contribution >= 0.6 is 11.8 Å². The predicted octanol–water partition coefficient (Wildman–Crippen LogP) is 6.53. The average Bonchev–Trinajstić information content (AvgIpc) is 2.70. The van der Waals surface area contributed by atoms with Crippen LogP contribution in [-0.4, -0.2) is 15.7 Å². The van der Waals surface area contributed by atoms with Crippen molar-refractivity contribution in [2.75, 3.05) is 5.32 Å². The lowest BCUT2D eigenvalue weighted by atomic mass is 10.1. The first-order valence-electron chi connectivity index (χ1n) is 9.43. The molecule has 2 aromatic carbocycles. The zero-order valence-corrected chi connectivity index (χ0v) is 17.5. The zero-order chi connectivity index (χ0) is 20.4. The van der Waals surface area contributed by atoms with Gasteiger partial charge in [-0.1, -0.05) is 30.0 Å². The summed E-state index contributed by atoms with van der Waals surface area (Å²) in [5.41, 5.74) is 6.46. The standard InChI is InChI=1S/C24H22N4S/c1-15-4-11-23(29-19-8-6-18(7-9-19)17(3)25)22(14-15)28-21-12-13-26-24-20(21)10-5-16(2)27-24/h4-14,25H,1-3H3,(H,26,27,28). The number of anilines is 2. The van der Waals surface area contributed by atoms with Gasteiger partial charge in [-0.15, -0.1) is 0 Å². The minimum atomic E-state index is 0.577. The van der Waals surface area contributed by atoms with Gasteiger partial charge in [0.25, 0.3) is 0 Å². The topological polar surface area (TPSA) is 61.7 Å². The first-order chi connectivity index (χ1) is 14.0. The minimum absolute atomic E-state index is 0.577. The summed E-state index contributed by atoms with van der Waals surface area (Å²) in [4.78, 5) is 11.2. The molecule has 0 fully saturated rings. The second kappa shape index (κ2) is 8.05. The molecule has 4 rings (SSSR count). The van der Waals surface area contributed by atoms with E-state index in [9.17, 15) is 0 Å². The number of hydrogen-bond acceptors (Lipinski definition) is 5. The number of benzene rings is 2. The summed E-state index contributed by atoms with van der Waals surface area (Å²) in [5, 5.41) is 12.4. The van der Waals surface area contributed by atoms with Crippen LogP contribution in [0.5, 0.6) is 0 Å². The molecule has 5 heteroatoms. The number of nitrogens with one attached hydrogen (secondary N) is 2. The summed E-state index contributed by atoms with van der Waals surface area (Å²) in [5.74, 6) is 0. The van der Waals surface area contributed by atoms with Crippen molar-refractivity contribution in [3.63, 3.8) is 0 Å². The fourth-order valence-electron chi connectivity index (χ4n) is 3.11. The van der Waals surface area contributed by atoms with E-state index in [-0.39, 0.29) is 0 Å². The third kappa shape index (κ3) is 4.30. The van der Waals surface area contributed by atoms with Gasteiger partial charge < -0.3 is 10.7 Å². The molecule has 0 atom stereocenters. The molecule has 0 radical (unpaired) electrons. The van der Waals surface area contributed by atoms with Gasteiger partial charge >= 0.3 is 0 Å². The van der Waals surface area contributed by atoms with Crippen LogP contribution < -0.4 is 5.32 Å². The molecule has 0 saturated heterocycles. The van der Waals surface area contributed by atoms with Crippen LogP contribution in [0.25, 0.3) is 11.0 Å². The van der Waals surface area contributed by atoms with Crippen LogP contribution in [0.15, 0.2) is 76.7 Å². The van der Waals surface area contributed by atoms with Crippen LogP contribution in [-0.2, 0) is 0 Å². The van der Waals surface area contributed by atoms with E-state index in [0.29, 0.717) is 5.71 Å². The Bertz CT molecular complexity index is 1200. The molecule has 0 aliphatic heterocycles. The number of aromatic nitrogens is 2. The van der Waals surface area contributed by atoms with Crippen molar-refractivity contribution in [1.29, 1.82) is 5.41 Å². The van der Waals surface area contributed by atoms with E-state index in [2.05, 4.69) is 58.6 Å². The third-order valence-electron chi connectivity index (χ3n) is 4.66. The largest absolute Gasteiger partial charge is 0.354 e. The molecule has 0 spiro atoms. The van der Waals surface area contributed by atoms with Gasteiger partial charge in [0.05, 0.1) is 11.4 Å². The number of aryl methyl sites for hydroxylation is 2. The Morgan fingerprint density at radius 2 is 1.72 bits per heavy atom. The second-order valence-corrected chi connectivity index (χ2v) is 8.17. The molecule has 0 bridgehead atoms. The van der Waals surface area contributed by atoms with E-state index in [1.165, 1.54) is 5.56 Å². The van der Waals surface area contributed by atoms with E-state index in [1.807, 2.05) is 31.2 Å². The molecule has 0 saturated carbocycles. The van der Waals surface area contributed by atoms with Gasteiger partial charge in [0.15, 0.2) is 5.65 Å². The highest BCUT2D eigenvalue weighted by Crippen LogP contribution is 2.36. The van der Waals surface area contributed by atoms with E-state index in [1.54, 1.807) is 24.9 Å². The lowest BCUT2D eigenvalue weighted by Crippen LogP contribution is -1.97. The van der Waals surface area contributed by atoms with Crippen LogP contribution in [0.3, 0.4) is 0 Å². The van der Waals surface area contributed by atoms with E-state index < -0.39 is 0 Å². The van der Waals surface area contributed by atoms with Crippen molar-refractivity contribution in [3.8, 4) is 0 Å². The van der Waals surface area contributed by atoms with Gasteiger partial charge in [0.2, 0.25) is 0 Å². The van der Waals surface area contributed by atoms with Crippen LogP contribution in [0, 0.1) is 19.3 Å². The summed E-state index contributed by atoms with van der Waals surface area (Å²) in [6.45, 7) is 5.87. The molecule has 4 nitrogen and oxygen atoms in total. The SMILES string of the molecule is CC(=N)c1ccc(Sc2ccc(C)cc2Nc2ccnc3nc(C)ccc23)cc1. The molecule has 29 heavy (non-hydrogen) atoms. The van der Waals surface area contributed by atoms with Gasteiger partial charge in [-0.3, -0.25) is 0 Å². The van der Waals surface area contributed by atoms with Crippen LogP contribution in [0.2, 0.25) is 0 Å². The van der Waals surface area contributed by atoms with Crippen LogP contribution in [0.1, 0.15) is 23.7 Å². The first kappa shape index (κ1) is 19.2. The van der Waals surface area contributed by atoms with E-state index >= 15 is 0 Å². The molecule has 144 valence electrons. The van der Waals surface area contributed by atoms with Crippen molar-refractivity contribution < 1.29 is 0 Å². The summed E-state index contributed by atoms with van der Waals surface area (Å²) in [6.07, 6.45) is 1.79. The Morgan fingerprint density at radius 3 is 2.48 bits per heavy atom. The summed E-state index contributed by atoms with van der Waals surface area (Å²) in [7, 11) is 0. The number of fused-ring (bicyclic) bond motifs is 1. The van der Waals surface area contributed by atoms with Crippen molar-refractivity contribution in [2.24, 2.45) is 0 Å². The molecule has 2 heterocycles. The maximum atomic E-state index is 7.76. The summed E-state index contributed by atoms with van der Waals surface area (Å²) in [6, 6.07) is 20.6. The van der Waals surface area contributed by atoms with Gasteiger partial charge in [-0.25, -0.2) is 9.97 Å². The molecular formula is C24H22N4S. The number of pyridine rings is 2. The maximum Gasteiger partial charge on any atom is 0.161 e. The first-order valence-corrected chi connectivity index (χ1v) is 10.2. The molecule has 2 aromatic heterocycles. The molecule has 0 unspecified atom stereocenters. The normalized spacial score (nSPS) is 10.9. The van der Waals surface area contributed by atoms with Gasteiger partial charge in [0, 0.05) is 32.8 Å². The third-order valence-corrected chi connectivity index (χ3v) is 5.75. The molecule has 4 aromatic rings. The smallest absolute Gasteiger partial charge is 0.161 e. The van der Waals surface area contributed by atoms with Crippen molar-refractivity contribution >= 4 is 39.9 Å². The van der Waals surface area contributed by atoms with Crippen LogP contribution in [0.4, 0.5) is 11.4 Å². The van der Waals surface area contributed by atoms with Crippen molar-refractivity contribution in [3.05, 3.63) is 83.7 Å². The molecule has 0 aliphatic rings. The number of hydrogen-bond donors (Lipinski definition) is 2. The number of nitrogens with zero attached hydrogens (tertiary/aromatic N) is 2. The fraction of sp³-hybridized carbons (Fsp3) is 0.125. The quantitative estimate of drug-likeness (QED) is 0.375. The highest BCUT2D eigenvalue weighted by molar-refractivity contribution is 7.99. The maximum absolute atomic E-state index is 7.76. The minimum Gasteiger partial charge on any atom is -0.354 e. The highest BCUT2D eigenvalue weighted by atomic mass is 32.2. The lowest BCUT2D eigenvalue weighted by Gasteiger charge is -2.14. The summed E-state index contributed by atoms with van der Waals surface area (Å²) >= 11 is 1.71. The Labute approximate surface area is 174 Å². The van der Waals surface area contributed by atoms with Gasteiger partial charge in [-0.05, 0) is 74.4 Å². The second-order valence-electron chi connectivity index (χ2n) is 7.06.